The van der Waals surface area contributed by atoms with E-state index in [1.807, 2.05) is 30.3 Å². The standard InChI is InChI=1S/C28H28N6O/c1-19-24(27(35)33-15-5-4-13-25(33)21-11-7-14-29-16-21)18-31-34(19)28-30-17-22-10-6-9-20-8-2-3-12-23(20)26(22)32-28/h2-3,7-8,11-12,14,16-18,25H,4-6,9-10,13,15H2,1H3/t25-/m0/s1. The molecule has 0 spiro atoms. The van der Waals surface area contributed by atoms with Crippen LogP contribution < -0.4 is 0 Å². The van der Waals surface area contributed by atoms with E-state index in [4.69, 9.17) is 4.98 Å². The fraction of sp³-hybridized carbons (Fsp3) is 0.321. The smallest absolute Gasteiger partial charge is 0.257 e. The first kappa shape index (κ1) is 21.6. The van der Waals surface area contributed by atoms with Gasteiger partial charge in [0.1, 0.15) is 0 Å². The summed E-state index contributed by atoms with van der Waals surface area (Å²) in [7, 11) is 0. The number of hydrogen-bond acceptors (Lipinski definition) is 5. The summed E-state index contributed by atoms with van der Waals surface area (Å²) in [6.45, 7) is 2.65. The molecule has 1 saturated heterocycles. The third-order valence-electron chi connectivity index (χ3n) is 7.28. The zero-order valence-corrected chi connectivity index (χ0v) is 19.9. The van der Waals surface area contributed by atoms with E-state index in [1.165, 1.54) is 5.56 Å². The van der Waals surface area contributed by atoms with Crippen molar-refractivity contribution >= 4 is 5.91 Å². The Balaban J connectivity index is 1.35. The fourth-order valence-corrected chi connectivity index (χ4v) is 5.42. The minimum Gasteiger partial charge on any atom is -0.331 e. The van der Waals surface area contributed by atoms with Crippen LogP contribution in [0.5, 0.6) is 0 Å². The second kappa shape index (κ2) is 9.06. The molecule has 1 amide bonds. The molecule has 1 atom stereocenters. The summed E-state index contributed by atoms with van der Waals surface area (Å²) < 4.78 is 1.70. The van der Waals surface area contributed by atoms with Gasteiger partial charge < -0.3 is 4.90 Å². The molecule has 2 aliphatic rings. The molecular formula is C28H28N6O. The Morgan fingerprint density at radius 2 is 1.86 bits per heavy atom. The van der Waals surface area contributed by atoms with Gasteiger partial charge in [-0.15, -0.1) is 0 Å². The number of aromatic nitrogens is 5. The lowest BCUT2D eigenvalue weighted by atomic mass is 9.95. The van der Waals surface area contributed by atoms with Gasteiger partial charge in [-0.05, 0) is 68.2 Å². The van der Waals surface area contributed by atoms with Crippen LogP contribution in [0.4, 0.5) is 0 Å². The molecule has 4 heterocycles. The van der Waals surface area contributed by atoms with E-state index >= 15 is 0 Å². The normalized spacial score (nSPS) is 17.4. The molecule has 7 heteroatoms. The average molecular weight is 465 g/mol. The second-order valence-corrected chi connectivity index (χ2v) is 9.41. The van der Waals surface area contributed by atoms with E-state index in [0.717, 1.165) is 73.1 Å². The molecule has 7 nitrogen and oxygen atoms in total. The average Bonchev–Trinajstić information content (AvgIpc) is 3.20. The molecule has 35 heavy (non-hydrogen) atoms. The van der Waals surface area contributed by atoms with Crippen LogP contribution >= 0.6 is 0 Å². The third-order valence-corrected chi connectivity index (χ3v) is 7.28. The van der Waals surface area contributed by atoms with Crippen LogP contribution in [0.3, 0.4) is 0 Å². The molecule has 0 unspecified atom stereocenters. The number of hydrogen-bond donors (Lipinski definition) is 0. The van der Waals surface area contributed by atoms with E-state index in [2.05, 4.69) is 45.4 Å². The van der Waals surface area contributed by atoms with Gasteiger partial charge >= 0.3 is 0 Å². The van der Waals surface area contributed by atoms with Gasteiger partial charge in [0.15, 0.2) is 0 Å². The van der Waals surface area contributed by atoms with Crippen LogP contribution in [0.1, 0.15) is 64.5 Å². The summed E-state index contributed by atoms with van der Waals surface area (Å²) in [5, 5.41) is 4.56. The maximum Gasteiger partial charge on any atom is 0.257 e. The first-order chi connectivity index (χ1) is 17.2. The zero-order valence-electron chi connectivity index (χ0n) is 19.9. The molecule has 0 saturated carbocycles. The van der Waals surface area contributed by atoms with Gasteiger partial charge in [-0.1, -0.05) is 30.3 Å². The van der Waals surface area contributed by atoms with Crippen molar-refractivity contribution in [2.24, 2.45) is 0 Å². The number of amides is 1. The highest BCUT2D eigenvalue weighted by Crippen LogP contribution is 2.33. The highest BCUT2D eigenvalue weighted by atomic mass is 16.2. The predicted octanol–water partition coefficient (Wildman–Crippen LogP) is 4.89. The maximum atomic E-state index is 13.7. The van der Waals surface area contributed by atoms with E-state index < -0.39 is 0 Å². The first-order valence-corrected chi connectivity index (χ1v) is 12.4. The van der Waals surface area contributed by atoms with Gasteiger partial charge in [0.25, 0.3) is 11.9 Å². The van der Waals surface area contributed by atoms with Gasteiger partial charge in [0.2, 0.25) is 0 Å². The Kier molecular flexibility index (Phi) is 5.60. The van der Waals surface area contributed by atoms with Gasteiger partial charge in [-0.2, -0.15) is 5.10 Å². The predicted molar refractivity (Wildman–Crippen MR) is 133 cm³/mol. The van der Waals surface area contributed by atoms with Crippen LogP contribution in [-0.2, 0) is 12.8 Å². The van der Waals surface area contributed by atoms with E-state index in [1.54, 1.807) is 17.1 Å². The molecular weight excluding hydrogens is 436 g/mol. The van der Waals surface area contributed by atoms with Crippen LogP contribution in [0.15, 0.2) is 61.2 Å². The van der Waals surface area contributed by atoms with Gasteiger partial charge in [0.05, 0.1) is 29.2 Å². The lowest BCUT2D eigenvalue weighted by Crippen LogP contribution is -2.38. The SMILES string of the molecule is Cc1c(C(=O)N2CCCC[C@H]2c2cccnc2)cnn1-c1ncc2c(n1)-c1ccccc1CCC2. The second-order valence-electron chi connectivity index (χ2n) is 9.41. The van der Waals surface area contributed by atoms with Crippen molar-refractivity contribution in [3.05, 3.63) is 89.1 Å². The topological polar surface area (TPSA) is 76.8 Å². The monoisotopic (exact) mass is 464 g/mol. The number of rotatable bonds is 3. The molecule has 1 aliphatic carbocycles. The van der Waals surface area contributed by atoms with Crippen molar-refractivity contribution in [1.82, 2.24) is 29.6 Å². The van der Waals surface area contributed by atoms with Crippen LogP contribution in [-0.4, -0.2) is 42.1 Å². The Bertz CT molecular complexity index is 1380. The van der Waals surface area contributed by atoms with Crippen LogP contribution in [0.25, 0.3) is 17.2 Å². The molecule has 3 aromatic heterocycles. The van der Waals surface area contributed by atoms with E-state index in [9.17, 15) is 4.79 Å². The van der Waals surface area contributed by atoms with Crippen molar-refractivity contribution in [1.29, 1.82) is 0 Å². The summed E-state index contributed by atoms with van der Waals surface area (Å²) in [4.78, 5) is 29.5. The number of nitrogens with zero attached hydrogens (tertiary/aromatic N) is 6. The summed E-state index contributed by atoms with van der Waals surface area (Å²) >= 11 is 0. The summed E-state index contributed by atoms with van der Waals surface area (Å²) in [5.41, 5.74) is 7.05. The van der Waals surface area contributed by atoms with Crippen molar-refractivity contribution in [3.8, 4) is 17.2 Å². The lowest BCUT2D eigenvalue weighted by Gasteiger charge is -2.35. The maximum absolute atomic E-state index is 13.7. The van der Waals surface area contributed by atoms with Crippen LogP contribution in [0.2, 0.25) is 0 Å². The van der Waals surface area contributed by atoms with Gasteiger partial charge in [-0.3, -0.25) is 9.78 Å². The Morgan fingerprint density at radius 1 is 0.971 bits per heavy atom. The van der Waals surface area contributed by atoms with Crippen molar-refractivity contribution in [3.63, 3.8) is 0 Å². The highest BCUT2D eigenvalue weighted by molar-refractivity contribution is 5.95. The van der Waals surface area contributed by atoms with Crippen molar-refractivity contribution in [2.45, 2.75) is 51.5 Å². The lowest BCUT2D eigenvalue weighted by molar-refractivity contribution is 0.0610. The number of likely N-dealkylation sites (tertiary alicyclic amines) is 1. The molecule has 1 aromatic carbocycles. The summed E-state index contributed by atoms with van der Waals surface area (Å²) in [6.07, 6.45) is 13.3. The Morgan fingerprint density at radius 3 is 2.74 bits per heavy atom. The number of fused-ring (bicyclic) bond motifs is 3. The van der Waals surface area contributed by atoms with Crippen molar-refractivity contribution < 1.29 is 4.79 Å². The third kappa shape index (κ3) is 3.91. The minimum absolute atomic E-state index is 0.00223. The summed E-state index contributed by atoms with van der Waals surface area (Å²) in [5.74, 6) is 0.502. The molecule has 0 N–H and O–H groups in total. The largest absolute Gasteiger partial charge is 0.331 e. The van der Waals surface area contributed by atoms with Gasteiger partial charge in [-0.25, -0.2) is 14.6 Å². The number of pyridine rings is 1. The minimum atomic E-state index is 0.00223. The quantitative estimate of drug-likeness (QED) is 0.432. The number of carbonyl (C=O) groups excluding carboxylic acids is 1. The number of aryl methyl sites for hydroxylation is 2. The molecule has 1 aliphatic heterocycles. The molecule has 176 valence electrons. The molecule has 1 fully saturated rings. The molecule has 6 rings (SSSR count). The fourth-order valence-electron chi connectivity index (χ4n) is 5.42. The number of piperidine rings is 1. The molecule has 4 aromatic rings. The summed E-state index contributed by atoms with van der Waals surface area (Å²) in [6, 6.07) is 12.5. The number of carbonyl (C=O) groups is 1. The molecule has 0 radical (unpaired) electrons. The zero-order chi connectivity index (χ0) is 23.8. The van der Waals surface area contributed by atoms with E-state index in [-0.39, 0.29) is 11.9 Å². The number of benzene rings is 1. The molecule has 0 bridgehead atoms. The van der Waals surface area contributed by atoms with E-state index in [0.29, 0.717) is 11.5 Å². The van der Waals surface area contributed by atoms with Crippen molar-refractivity contribution in [2.75, 3.05) is 6.54 Å². The highest BCUT2D eigenvalue weighted by Gasteiger charge is 2.31. The Hall–Kier alpha value is -3.87. The van der Waals surface area contributed by atoms with Gasteiger partial charge in [0, 0.05) is 30.7 Å². The van der Waals surface area contributed by atoms with Crippen LogP contribution in [0, 0.1) is 6.92 Å². The Labute approximate surface area is 204 Å². The first-order valence-electron chi connectivity index (χ1n) is 12.4.